The van der Waals surface area contributed by atoms with Gasteiger partial charge in [-0.2, -0.15) is 5.10 Å². The van der Waals surface area contributed by atoms with Gasteiger partial charge in [0.05, 0.1) is 11.8 Å². The topological polar surface area (TPSA) is 54.3 Å². The molecule has 1 atom stereocenters. The van der Waals surface area contributed by atoms with Crippen LogP contribution >= 0.6 is 0 Å². The molecule has 2 aromatic heterocycles. The van der Waals surface area contributed by atoms with Crippen LogP contribution in [-0.2, 0) is 6.54 Å². The highest BCUT2D eigenvalue weighted by Gasteiger charge is 2.29. The Morgan fingerprint density at radius 3 is 2.83 bits per heavy atom. The van der Waals surface area contributed by atoms with Crippen molar-refractivity contribution in [2.75, 3.05) is 32.1 Å². The van der Waals surface area contributed by atoms with Crippen LogP contribution in [0.1, 0.15) is 41.0 Å². The molecule has 0 spiro atoms. The SMILES string of the molecule is CCn1cc(C(=O)N2CC[C@@H](c3cc(N(C)C)cc(C)n3)C2)cn1. The molecule has 0 unspecified atom stereocenters. The number of aromatic nitrogens is 3. The summed E-state index contributed by atoms with van der Waals surface area (Å²) < 4.78 is 1.78. The van der Waals surface area contributed by atoms with Crippen LogP contribution in [0.3, 0.4) is 0 Å². The lowest BCUT2D eigenvalue weighted by molar-refractivity contribution is 0.0790. The summed E-state index contributed by atoms with van der Waals surface area (Å²) in [5, 5.41) is 4.20. The van der Waals surface area contributed by atoms with E-state index in [0.29, 0.717) is 11.5 Å². The van der Waals surface area contributed by atoms with E-state index >= 15 is 0 Å². The van der Waals surface area contributed by atoms with Crippen molar-refractivity contribution in [2.45, 2.75) is 32.7 Å². The number of amides is 1. The summed E-state index contributed by atoms with van der Waals surface area (Å²) in [5.74, 6) is 0.367. The van der Waals surface area contributed by atoms with E-state index in [1.165, 1.54) is 0 Å². The number of carbonyl (C=O) groups excluding carboxylic acids is 1. The largest absolute Gasteiger partial charge is 0.378 e. The minimum atomic E-state index is 0.0673. The molecule has 6 nitrogen and oxygen atoms in total. The third-order valence-corrected chi connectivity index (χ3v) is 4.57. The van der Waals surface area contributed by atoms with E-state index in [9.17, 15) is 4.79 Å². The Bertz CT molecular complexity index is 737. The van der Waals surface area contributed by atoms with Gasteiger partial charge in [-0.15, -0.1) is 0 Å². The molecular formula is C18H25N5O. The highest BCUT2D eigenvalue weighted by atomic mass is 16.2. The maximum atomic E-state index is 12.6. The zero-order valence-corrected chi connectivity index (χ0v) is 14.9. The highest BCUT2D eigenvalue weighted by Crippen LogP contribution is 2.29. The Labute approximate surface area is 143 Å². The third-order valence-electron chi connectivity index (χ3n) is 4.57. The molecule has 128 valence electrons. The molecule has 0 bridgehead atoms. The summed E-state index contributed by atoms with van der Waals surface area (Å²) in [6.45, 7) is 6.30. The molecule has 24 heavy (non-hydrogen) atoms. The van der Waals surface area contributed by atoms with Gasteiger partial charge in [-0.3, -0.25) is 14.5 Å². The van der Waals surface area contributed by atoms with Crippen molar-refractivity contribution in [3.8, 4) is 0 Å². The molecule has 0 N–H and O–H groups in total. The smallest absolute Gasteiger partial charge is 0.257 e. The number of anilines is 1. The summed E-state index contributed by atoms with van der Waals surface area (Å²) >= 11 is 0. The van der Waals surface area contributed by atoms with Gasteiger partial charge in [-0.1, -0.05) is 0 Å². The van der Waals surface area contributed by atoms with Gasteiger partial charge in [-0.05, 0) is 32.4 Å². The molecule has 0 saturated carbocycles. The molecule has 3 heterocycles. The fraction of sp³-hybridized carbons (Fsp3) is 0.500. The van der Waals surface area contributed by atoms with Crippen molar-refractivity contribution in [3.63, 3.8) is 0 Å². The van der Waals surface area contributed by atoms with E-state index in [2.05, 4.69) is 22.1 Å². The molecule has 1 saturated heterocycles. The first-order valence-corrected chi connectivity index (χ1v) is 8.45. The minimum Gasteiger partial charge on any atom is -0.378 e. The number of likely N-dealkylation sites (tertiary alicyclic amines) is 1. The number of nitrogens with zero attached hydrogens (tertiary/aromatic N) is 5. The molecular weight excluding hydrogens is 302 g/mol. The second kappa shape index (κ2) is 6.63. The van der Waals surface area contributed by atoms with Crippen molar-refractivity contribution < 1.29 is 4.79 Å². The first-order valence-electron chi connectivity index (χ1n) is 8.45. The quantitative estimate of drug-likeness (QED) is 0.865. The van der Waals surface area contributed by atoms with Gasteiger partial charge in [-0.25, -0.2) is 0 Å². The summed E-state index contributed by atoms with van der Waals surface area (Å²) in [5.41, 5.74) is 3.93. The molecule has 0 aromatic carbocycles. The van der Waals surface area contributed by atoms with Gasteiger partial charge >= 0.3 is 0 Å². The van der Waals surface area contributed by atoms with Crippen molar-refractivity contribution in [1.29, 1.82) is 0 Å². The fourth-order valence-corrected chi connectivity index (χ4v) is 3.16. The number of hydrogen-bond acceptors (Lipinski definition) is 4. The van der Waals surface area contributed by atoms with Crippen LogP contribution in [0, 0.1) is 6.92 Å². The Morgan fingerprint density at radius 1 is 1.38 bits per heavy atom. The van der Waals surface area contributed by atoms with E-state index in [-0.39, 0.29) is 5.91 Å². The number of pyridine rings is 1. The molecule has 0 aliphatic carbocycles. The number of aryl methyl sites for hydroxylation is 2. The second-order valence-electron chi connectivity index (χ2n) is 6.61. The summed E-state index contributed by atoms with van der Waals surface area (Å²) in [7, 11) is 4.07. The van der Waals surface area contributed by atoms with Gasteiger partial charge in [0.25, 0.3) is 5.91 Å². The van der Waals surface area contributed by atoms with Gasteiger partial charge in [0.15, 0.2) is 0 Å². The summed E-state index contributed by atoms with van der Waals surface area (Å²) in [6.07, 6.45) is 4.44. The summed E-state index contributed by atoms with van der Waals surface area (Å²) in [4.78, 5) is 21.4. The Kier molecular flexibility index (Phi) is 4.55. The Balaban J connectivity index is 1.74. The van der Waals surface area contributed by atoms with Crippen LogP contribution in [0.2, 0.25) is 0 Å². The number of hydrogen-bond donors (Lipinski definition) is 0. The fourth-order valence-electron chi connectivity index (χ4n) is 3.16. The average molecular weight is 327 g/mol. The Morgan fingerprint density at radius 2 is 2.17 bits per heavy atom. The average Bonchev–Trinajstić information content (AvgIpc) is 3.23. The third kappa shape index (κ3) is 3.27. The van der Waals surface area contributed by atoms with E-state index in [0.717, 1.165) is 43.1 Å². The molecule has 6 heteroatoms. The van der Waals surface area contributed by atoms with Gasteiger partial charge < -0.3 is 9.80 Å². The molecule has 2 aromatic rings. The lowest BCUT2D eigenvalue weighted by Gasteiger charge is -2.18. The van der Waals surface area contributed by atoms with Crippen molar-refractivity contribution in [1.82, 2.24) is 19.7 Å². The lowest BCUT2D eigenvalue weighted by atomic mass is 10.0. The first-order chi connectivity index (χ1) is 11.5. The summed E-state index contributed by atoms with van der Waals surface area (Å²) in [6, 6.07) is 4.22. The van der Waals surface area contributed by atoms with E-state index in [1.54, 1.807) is 10.9 Å². The van der Waals surface area contributed by atoms with Gasteiger partial charge in [0, 0.05) is 62.9 Å². The van der Waals surface area contributed by atoms with Gasteiger partial charge in [0.2, 0.25) is 0 Å². The van der Waals surface area contributed by atoms with E-state index in [4.69, 9.17) is 4.98 Å². The van der Waals surface area contributed by atoms with Crippen molar-refractivity contribution >= 4 is 11.6 Å². The highest BCUT2D eigenvalue weighted by molar-refractivity contribution is 5.94. The monoisotopic (exact) mass is 327 g/mol. The van der Waals surface area contributed by atoms with Crippen LogP contribution < -0.4 is 4.90 Å². The van der Waals surface area contributed by atoms with E-state index in [1.807, 2.05) is 39.0 Å². The van der Waals surface area contributed by atoms with Crippen LogP contribution in [0.5, 0.6) is 0 Å². The maximum Gasteiger partial charge on any atom is 0.257 e. The second-order valence-corrected chi connectivity index (χ2v) is 6.61. The Hall–Kier alpha value is -2.37. The predicted molar refractivity (Wildman–Crippen MR) is 94.5 cm³/mol. The zero-order valence-electron chi connectivity index (χ0n) is 14.9. The van der Waals surface area contributed by atoms with Crippen LogP contribution in [0.25, 0.3) is 0 Å². The van der Waals surface area contributed by atoms with Crippen LogP contribution in [0.15, 0.2) is 24.5 Å². The molecule has 1 amide bonds. The van der Waals surface area contributed by atoms with Crippen LogP contribution in [-0.4, -0.2) is 52.8 Å². The first kappa shape index (κ1) is 16.5. The van der Waals surface area contributed by atoms with Crippen molar-refractivity contribution in [2.24, 2.45) is 0 Å². The lowest BCUT2D eigenvalue weighted by Crippen LogP contribution is -2.28. The van der Waals surface area contributed by atoms with Crippen molar-refractivity contribution in [3.05, 3.63) is 41.5 Å². The normalized spacial score (nSPS) is 17.3. The predicted octanol–water partition coefficient (Wildman–Crippen LogP) is 2.30. The maximum absolute atomic E-state index is 12.6. The zero-order chi connectivity index (χ0) is 17.3. The molecule has 3 rings (SSSR count). The molecule has 1 aliphatic rings. The molecule has 1 fully saturated rings. The van der Waals surface area contributed by atoms with Gasteiger partial charge in [0.1, 0.15) is 0 Å². The molecule has 1 aliphatic heterocycles. The van der Waals surface area contributed by atoms with E-state index < -0.39 is 0 Å². The van der Waals surface area contributed by atoms with Crippen LogP contribution in [0.4, 0.5) is 5.69 Å². The number of carbonyl (C=O) groups is 1. The number of rotatable bonds is 4. The minimum absolute atomic E-state index is 0.0673. The standard InChI is InChI=1S/C18H25N5O/c1-5-23-12-15(10-19-23)18(24)22-7-6-14(11-22)17-9-16(21(3)4)8-13(2)20-17/h8-10,12,14H,5-7,11H2,1-4H3/t14-/m1/s1. The molecule has 0 radical (unpaired) electrons.